The van der Waals surface area contributed by atoms with Gasteiger partial charge < -0.3 is 15.2 Å². The predicted molar refractivity (Wildman–Crippen MR) is 172 cm³/mol. The lowest BCUT2D eigenvalue weighted by molar-refractivity contribution is -0.843. The summed E-state index contributed by atoms with van der Waals surface area (Å²) in [4.78, 5) is 38.5. The van der Waals surface area contributed by atoms with Crippen LogP contribution >= 0.6 is 0 Å². The summed E-state index contributed by atoms with van der Waals surface area (Å²) in [5.41, 5.74) is 3.22. The molecule has 7 heteroatoms. The Hall–Kier alpha value is -5.01. The van der Waals surface area contributed by atoms with E-state index in [2.05, 4.69) is 5.32 Å². The monoisotopic (exact) mass is 589 g/mol. The van der Waals surface area contributed by atoms with Crippen LogP contribution in [-0.4, -0.2) is 59.5 Å². The van der Waals surface area contributed by atoms with Crippen LogP contribution in [-0.2, 0) is 16.0 Å². The molecule has 1 unspecified atom stereocenters. The molecule has 0 saturated heterocycles. The molecule has 1 saturated carbocycles. The van der Waals surface area contributed by atoms with Gasteiger partial charge in [0.15, 0.2) is 5.78 Å². The van der Waals surface area contributed by atoms with E-state index in [4.69, 9.17) is 4.74 Å². The number of aliphatic carboxylic acids is 1. The van der Waals surface area contributed by atoms with Crippen molar-refractivity contribution in [2.45, 2.75) is 31.3 Å². The summed E-state index contributed by atoms with van der Waals surface area (Å²) in [7, 11) is 1.98. The first-order chi connectivity index (χ1) is 21.3. The Balaban J connectivity index is 1.18. The van der Waals surface area contributed by atoms with E-state index in [1.807, 2.05) is 73.8 Å². The number of hydrogen-bond donors (Lipinski definition) is 2. The number of likely N-dealkylation sites (N-methyl/N-ethyl adjacent to an activating group) is 1. The number of amides is 1. The Morgan fingerprint density at radius 2 is 1.52 bits per heavy atom. The lowest BCUT2D eigenvalue weighted by atomic mass is 10.00. The summed E-state index contributed by atoms with van der Waals surface area (Å²) in [6, 6.07) is 32.3. The van der Waals surface area contributed by atoms with Crippen molar-refractivity contribution in [1.29, 1.82) is 0 Å². The summed E-state index contributed by atoms with van der Waals surface area (Å²) < 4.78 is 6.33. The van der Waals surface area contributed by atoms with Crippen molar-refractivity contribution in [3.8, 4) is 5.75 Å². The van der Waals surface area contributed by atoms with Crippen molar-refractivity contribution >= 4 is 29.4 Å². The number of hydrogen-bond acceptors (Lipinski definition) is 5. The highest BCUT2D eigenvalue weighted by Gasteiger charge is 2.45. The van der Waals surface area contributed by atoms with E-state index in [9.17, 15) is 19.5 Å². The van der Waals surface area contributed by atoms with Crippen molar-refractivity contribution in [2.24, 2.45) is 0 Å². The highest BCUT2D eigenvalue weighted by atomic mass is 16.5. The van der Waals surface area contributed by atoms with Gasteiger partial charge in [-0.2, -0.15) is 0 Å². The Morgan fingerprint density at radius 3 is 2.18 bits per heavy atom. The van der Waals surface area contributed by atoms with Gasteiger partial charge in [0.1, 0.15) is 24.9 Å². The molecule has 1 aliphatic rings. The predicted octanol–water partition coefficient (Wildman–Crippen LogP) is 6.25. The van der Waals surface area contributed by atoms with Crippen LogP contribution < -0.4 is 10.1 Å². The maximum absolute atomic E-state index is 13.2. The highest BCUT2D eigenvalue weighted by molar-refractivity contribution is 6.12. The average molecular weight is 590 g/mol. The number of carboxylic acids is 1. The van der Waals surface area contributed by atoms with Crippen LogP contribution in [0.15, 0.2) is 115 Å². The van der Waals surface area contributed by atoms with Gasteiger partial charge in [-0.05, 0) is 41.5 Å². The SMILES string of the molecule is C[N@@+](CCOc1ccc(CC(Nc2ccccc2C(=O)c2ccccc2)C(=O)O)cc1)(C(=O)C=Cc1ccccc1)C1CC1. The molecule has 1 fully saturated rings. The largest absolute Gasteiger partial charge is 0.488 e. The van der Waals surface area contributed by atoms with Crippen molar-refractivity contribution in [3.05, 3.63) is 138 Å². The van der Waals surface area contributed by atoms with Crippen molar-refractivity contribution < 1.29 is 28.7 Å². The number of ketones is 1. The van der Waals surface area contributed by atoms with Gasteiger partial charge in [-0.3, -0.25) is 9.28 Å². The second-order valence-electron chi connectivity index (χ2n) is 11.3. The number of carboxylic acid groups (broad SMARTS) is 1. The third-order valence-electron chi connectivity index (χ3n) is 8.10. The van der Waals surface area contributed by atoms with Crippen LogP contribution in [0.25, 0.3) is 6.08 Å². The molecule has 0 aliphatic heterocycles. The van der Waals surface area contributed by atoms with Gasteiger partial charge in [0.25, 0.3) is 0 Å². The van der Waals surface area contributed by atoms with E-state index < -0.39 is 12.0 Å². The molecule has 0 heterocycles. The zero-order chi connectivity index (χ0) is 30.9. The molecule has 4 aromatic rings. The molecular weight excluding hydrogens is 552 g/mol. The van der Waals surface area contributed by atoms with Gasteiger partial charge >= 0.3 is 11.9 Å². The minimum atomic E-state index is -1.02. The van der Waals surface area contributed by atoms with Gasteiger partial charge in [-0.25, -0.2) is 9.59 Å². The quantitative estimate of drug-likeness (QED) is 0.103. The molecular formula is C37H37N2O5+. The summed E-state index contributed by atoms with van der Waals surface area (Å²) in [6.45, 7) is 0.930. The van der Waals surface area contributed by atoms with E-state index >= 15 is 0 Å². The van der Waals surface area contributed by atoms with Crippen LogP contribution in [0.1, 0.15) is 39.9 Å². The molecule has 5 rings (SSSR count). The number of carbonyl (C=O) groups excluding carboxylic acids is 2. The first-order valence-corrected chi connectivity index (χ1v) is 14.9. The van der Waals surface area contributed by atoms with Crippen molar-refractivity contribution in [1.82, 2.24) is 0 Å². The van der Waals surface area contributed by atoms with Crippen LogP contribution in [0.2, 0.25) is 0 Å². The molecule has 0 bridgehead atoms. The molecule has 1 amide bonds. The lowest BCUT2D eigenvalue weighted by Crippen LogP contribution is -2.52. The number of quaternary nitrogens is 1. The summed E-state index contributed by atoms with van der Waals surface area (Å²) in [5.74, 6) is -0.475. The fourth-order valence-electron chi connectivity index (χ4n) is 5.27. The summed E-state index contributed by atoms with van der Waals surface area (Å²) in [6.07, 6.45) is 5.80. The summed E-state index contributed by atoms with van der Waals surface area (Å²) in [5, 5.41) is 13.0. The lowest BCUT2D eigenvalue weighted by Gasteiger charge is -2.30. The fourth-order valence-corrected chi connectivity index (χ4v) is 5.27. The molecule has 2 atom stereocenters. The molecule has 2 N–H and O–H groups in total. The van der Waals surface area contributed by atoms with E-state index in [0.717, 1.165) is 24.0 Å². The number of nitrogens with zero attached hydrogens (tertiary/aromatic N) is 1. The molecule has 0 radical (unpaired) electrons. The minimum Gasteiger partial charge on any atom is -0.488 e. The third-order valence-corrected chi connectivity index (χ3v) is 8.10. The number of ether oxygens (including phenoxy) is 1. The Morgan fingerprint density at radius 1 is 0.886 bits per heavy atom. The smallest absolute Gasteiger partial charge is 0.338 e. The number of anilines is 1. The molecule has 0 aromatic heterocycles. The fraction of sp³-hybridized carbons (Fsp3) is 0.216. The zero-order valence-electron chi connectivity index (χ0n) is 24.8. The van der Waals surface area contributed by atoms with Crippen LogP contribution in [0.4, 0.5) is 5.69 Å². The minimum absolute atomic E-state index is 0.0644. The van der Waals surface area contributed by atoms with Crippen LogP contribution in [0.3, 0.4) is 0 Å². The van der Waals surface area contributed by atoms with Crippen molar-refractivity contribution in [2.75, 3.05) is 25.5 Å². The first kappa shape index (κ1) is 30.4. The Labute approximate surface area is 258 Å². The van der Waals surface area contributed by atoms with E-state index in [-0.39, 0.29) is 18.1 Å². The van der Waals surface area contributed by atoms with Gasteiger partial charge in [-0.1, -0.05) is 84.9 Å². The second kappa shape index (κ2) is 14.0. The maximum atomic E-state index is 13.2. The number of carbonyl (C=O) groups is 3. The average Bonchev–Trinajstić information content (AvgIpc) is 3.91. The van der Waals surface area contributed by atoms with E-state index in [1.165, 1.54) is 0 Å². The normalized spacial score (nSPS) is 14.8. The topological polar surface area (TPSA) is 92.7 Å². The molecule has 4 aromatic carbocycles. The van der Waals surface area contributed by atoms with E-state index in [0.29, 0.717) is 46.2 Å². The Kier molecular flexibility index (Phi) is 9.67. The number of rotatable bonds is 14. The van der Waals surface area contributed by atoms with Crippen molar-refractivity contribution in [3.63, 3.8) is 0 Å². The molecule has 224 valence electrons. The molecule has 7 nitrogen and oxygen atoms in total. The number of nitrogens with one attached hydrogen (secondary N) is 1. The van der Waals surface area contributed by atoms with Gasteiger partial charge in [0.05, 0.1) is 13.1 Å². The number of para-hydroxylation sites is 1. The van der Waals surface area contributed by atoms with E-state index in [1.54, 1.807) is 54.6 Å². The van der Waals surface area contributed by atoms with Gasteiger partial charge in [-0.15, -0.1) is 0 Å². The molecule has 1 aliphatic carbocycles. The van der Waals surface area contributed by atoms with Gasteiger partial charge in [0.2, 0.25) is 0 Å². The molecule has 44 heavy (non-hydrogen) atoms. The summed E-state index contributed by atoms with van der Waals surface area (Å²) >= 11 is 0. The highest BCUT2D eigenvalue weighted by Crippen LogP contribution is 2.33. The zero-order valence-corrected chi connectivity index (χ0v) is 24.8. The van der Waals surface area contributed by atoms with Gasteiger partial charge in [0, 0.05) is 42.2 Å². The standard InChI is InChI=1S/C37H36N2O5/c1-39(30-19-20-30,35(40)23-18-27-10-4-2-5-11-27)24-25-44-31-21-16-28(17-22-31)26-34(37(42)43)38-33-15-9-8-14-32(33)36(41)29-12-6-3-7-13-29/h2-18,21-23,30,34H,19-20,24-26H2,1H3,(H-,38,41,42,43)/p+1/t34?,39-/m0/s1. The molecule has 0 spiro atoms. The maximum Gasteiger partial charge on any atom is 0.338 e. The second-order valence-corrected chi connectivity index (χ2v) is 11.3. The first-order valence-electron chi connectivity index (χ1n) is 14.9. The van der Waals surface area contributed by atoms with Crippen LogP contribution in [0.5, 0.6) is 5.75 Å². The number of benzene rings is 4. The van der Waals surface area contributed by atoms with Crippen LogP contribution in [0, 0.1) is 0 Å². The third kappa shape index (κ3) is 7.68. The Bertz CT molecular complexity index is 1610.